The van der Waals surface area contributed by atoms with Crippen LogP contribution in [-0.4, -0.2) is 25.2 Å². The van der Waals surface area contributed by atoms with Crippen LogP contribution in [0.4, 0.5) is 0 Å². The van der Waals surface area contributed by atoms with Crippen LogP contribution in [0, 0.1) is 0 Å². The summed E-state index contributed by atoms with van der Waals surface area (Å²) >= 11 is 0. The highest BCUT2D eigenvalue weighted by molar-refractivity contribution is 5.49. The van der Waals surface area contributed by atoms with Crippen LogP contribution in [0.5, 0.6) is 0 Å². The molecule has 43 heavy (non-hydrogen) atoms. The molecule has 0 amide bonds. The second kappa shape index (κ2) is 26.7. The van der Waals surface area contributed by atoms with Gasteiger partial charge >= 0.3 is 0 Å². The summed E-state index contributed by atoms with van der Waals surface area (Å²) in [5.41, 5.74) is 2.20. The van der Waals surface area contributed by atoms with Gasteiger partial charge in [-0.25, -0.2) is 0 Å². The van der Waals surface area contributed by atoms with Gasteiger partial charge in [0.25, 0.3) is 0 Å². The van der Waals surface area contributed by atoms with Crippen molar-refractivity contribution in [3.63, 3.8) is 0 Å². The average molecular weight is 591 g/mol. The summed E-state index contributed by atoms with van der Waals surface area (Å²) in [5.74, 6) is 0. The molecule has 0 radical (unpaired) electrons. The predicted molar refractivity (Wildman–Crippen MR) is 175 cm³/mol. The molecule has 2 aromatic rings. The van der Waals surface area contributed by atoms with Crippen molar-refractivity contribution in [3.8, 4) is 0 Å². The van der Waals surface area contributed by atoms with Gasteiger partial charge in [0.05, 0.1) is 13.2 Å². The van der Waals surface area contributed by atoms with E-state index in [-0.39, 0.29) is 0 Å². The SMILES string of the molecule is O=CCCCCCCCCC=CC(OCc1ccccc1)OC(C=CCCCCCCCCC=O)OCc1ccccc1. The van der Waals surface area contributed by atoms with Gasteiger partial charge < -0.3 is 23.8 Å². The van der Waals surface area contributed by atoms with Crippen molar-refractivity contribution in [2.24, 2.45) is 0 Å². The van der Waals surface area contributed by atoms with E-state index in [4.69, 9.17) is 14.2 Å². The number of carbonyl (C=O) groups excluding carboxylic acids is 2. The highest BCUT2D eigenvalue weighted by Gasteiger charge is 2.14. The zero-order valence-electron chi connectivity index (χ0n) is 26.2. The number of aldehydes is 2. The minimum atomic E-state index is -0.527. The summed E-state index contributed by atoms with van der Waals surface area (Å²) in [6.07, 6.45) is 26.4. The molecule has 2 aromatic carbocycles. The first-order valence-corrected chi connectivity index (χ1v) is 16.5. The van der Waals surface area contributed by atoms with Crippen molar-refractivity contribution in [1.29, 1.82) is 0 Å². The highest BCUT2D eigenvalue weighted by Crippen LogP contribution is 2.15. The fourth-order valence-electron chi connectivity index (χ4n) is 4.73. The van der Waals surface area contributed by atoms with Crippen LogP contribution >= 0.6 is 0 Å². The van der Waals surface area contributed by atoms with Gasteiger partial charge in [-0.2, -0.15) is 0 Å². The third-order valence-electron chi connectivity index (χ3n) is 7.25. The molecule has 0 aromatic heterocycles. The molecule has 2 atom stereocenters. The van der Waals surface area contributed by atoms with Crippen molar-refractivity contribution >= 4 is 12.6 Å². The Hall–Kier alpha value is -2.86. The first-order chi connectivity index (χ1) is 21.3. The number of carbonyl (C=O) groups is 2. The van der Waals surface area contributed by atoms with E-state index in [1.54, 1.807) is 0 Å². The number of unbranched alkanes of at least 4 members (excludes halogenated alkanes) is 14. The largest absolute Gasteiger partial charge is 0.344 e. The van der Waals surface area contributed by atoms with E-state index in [1.807, 2.05) is 48.6 Å². The molecule has 0 aliphatic carbocycles. The van der Waals surface area contributed by atoms with Crippen LogP contribution in [0.3, 0.4) is 0 Å². The summed E-state index contributed by atoms with van der Waals surface area (Å²) in [5, 5.41) is 0. The molecule has 0 spiro atoms. The monoisotopic (exact) mass is 590 g/mol. The first kappa shape index (κ1) is 36.3. The van der Waals surface area contributed by atoms with Gasteiger partial charge in [-0.3, -0.25) is 0 Å². The highest BCUT2D eigenvalue weighted by atomic mass is 16.8. The number of rotatable bonds is 28. The third-order valence-corrected chi connectivity index (χ3v) is 7.25. The minimum absolute atomic E-state index is 0.457. The van der Waals surface area contributed by atoms with Gasteiger partial charge in [-0.1, -0.05) is 124 Å². The van der Waals surface area contributed by atoms with Crippen LogP contribution in [0.15, 0.2) is 85.0 Å². The molecule has 0 aliphatic heterocycles. The van der Waals surface area contributed by atoms with Gasteiger partial charge in [0.1, 0.15) is 12.6 Å². The Kier molecular flexibility index (Phi) is 22.6. The van der Waals surface area contributed by atoms with Crippen molar-refractivity contribution < 1.29 is 23.8 Å². The van der Waals surface area contributed by atoms with Crippen LogP contribution in [0.2, 0.25) is 0 Å². The molecule has 2 unspecified atom stereocenters. The maximum absolute atomic E-state index is 10.4. The van der Waals surface area contributed by atoms with Gasteiger partial charge in [0.15, 0.2) is 12.6 Å². The molecule has 0 bridgehead atoms. The molecule has 236 valence electrons. The Morgan fingerprint density at radius 2 is 0.814 bits per heavy atom. The Bertz CT molecular complexity index is 893. The molecule has 2 rings (SSSR count). The van der Waals surface area contributed by atoms with Gasteiger partial charge in [0.2, 0.25) is 0 Å². The van der Waals surface area contributed by atoms with Crippen molar-refractivity contribution in [2.75, 3.05) is 0 Å². The van der Waals surface area contributed by atoms with Crippen molar-refractivity contribution in [1.82, 2.24) is 0 Å². The lowest BCUT2D eigenvalue weighted by Crippen LogP contribution is -2.24. The maximum Gasteiger partial charge on any atom is 0.180 e. The fraction of sp³-hybridized carbons (Fsp3) is 0.526. The Morgan fingerprint density at radius 1 is 0.465 bits per heavy atom. The predicted octanol–water partition coefficient (Wildman–Crippen LogP) is 9.84. The first-order valence-electron chi connectivity index (χ1n) is 16.5. The molecular weight excluding hydrogens is 536 g/mol. The van der Waals surface area contributed by atoms with E-state index in [0.717, 1.165) is 75.1 Å². The van der Waals surface area contributed by atoms with E-state index in [2.05, 4.69) is 36.4 Å². The zero-order valence-corrected chi connectivity index (χ0v) is 26.2. The van der Waals surface area contributed by atoms with E-state index in [9.17, 15) is 9.59 Å². The number of benzene rings is 2. The number of allylic oxidation sites excluding steroid dienone is 2. The Morgan fingerprint density at radius 3 is 1.19 bits per heavy atom. The molecule has 5 heteroatoms. The second-order valence-corrected chi connectivity index (χ2v) is 11.1. The van der Waals surface area contributed by atoms with Crippen molar-refractivity contribution in [2.45, 2.75) is 129 Å². The van der Waals surface area contributed by atoms with Crippen LogP contribution < -0.4 is 0 Å². The number of hydrogen-bond acceptors (Lipinski definition) is 5. The molecule has 0 heterocycles. The molecular formula is C38H54O5. The fourth-order valence-corrected chi connectivity index (χ4v) is 4.73. The van der Waals surface area contributed by atoms with E-state index in [0.29, 0.717) is 26.1 Å². The molecule has 0 fully saturated rings. The third kappa shape index (κ3) is 20.6. The van der Waals surface area contributed by atoms with Gasteiger partial charge in [0, 0.05) is 12.8 Å². The average Bonchev–Trinajstić information content (AvgIpc) is 3.04. The molecule has 0 aliphatic rings. The number of ether oxygens (including phenoxy) is 3. The second-order valence-electron chi connectivity index (χ2n) is 11.1. The Labute approximate surface area is 260 Å². The van der Waals surface area contributed by atoms with Crippen molar-refractivity contribution in [3.05, 3.63) is 96.1 Å². The van der Waals surface area contributed by atoms with Crippen LogP contribution in [-0.2, 0) is 37.0 Å². The summed E-state index contributed by atoms with van der Waals surface area (Å²) < 4.78 is 18.8. The standard InChI is InChI=1S/C38H54O5/c39-31-23-13-9-5-1-3-7-11-21-29-37(41-33-35-25-17-15-18-26-35)43-38(42-34-36-27-19-16-20-28-36)30-22-12-8-4-2-6-10-14-24-32-40/h15-22,25-32,37-38H,1-14,23-24,33-34H2. The minimum Gasteiger partial charge on any atom is -0.344 e. The summed E-state index contributed by atoms with van der Waals surface area (Å²) in [4.78, 5) is 20.9. The van der Waals surface area contributed by atoms with E-state index in [1.165, 1.54) is 38.5 Å². The van der Waals surface area contributed by atoms with Crippen LogP contribution in [0.25, 0.3) is 0 Å². The topological polar surface area (TPSA) is 61.8 Å². The molecule has 0 saturated heterocycles. The quantitative estimate of drug-likeness (QED) is 0.0427. The summed E-state index contributed by atoms with van der Waals surface area (Å²) in [7, 11) is 0. The maximum atomic E-state index is 10.4. The lowest BCUT2D eigenvalue weighted by atomic mass is 10.1. The summed E-state index contributed by atoms with van der Waals surface area (Å²) in [6.45, 7) is 0.914. The lowest BCUT2D eigenvalue weighted by molar-refractivity contribution is -0.215. The number of hydrogen-bond donors (Lipinski definition) is 0. The van der Waals surface area contributed by atoms with E-state index >= 15 is 0 Å². The molecule has 0 saturated carbocycles. The normalized spacial score (nSPS) is 13.0. The lowest BCUT2D eigenvalue weighted by Gasteiger charge is -2.22. The van der Waals surface area contributed by atoms with Gasteiger partial charge in [-0.15, -0.1) is 0 Å². The molecule has 5 nitrogen and oxygen atoms in total. The van der Waals surface area contributed by atoms with Gasteiger partial charge in [-0.05, 0) is 61.8 Å². The van der Waals surface area contributed by atoms with E-state index < -0.39 is 12.6 Å². The molecule has 0 N–H and O–H groups in total. The summed E-state index contributed by atoms with van der Waals surface area (Å²) in [6, 6.07) is 20.3. The van der Waals surface area contributed by atoms with Crippen LogP contribution in [0.1, 0.15) is 114 Å². The zero-order chi connectivity index (χ0) is 30.5. The Balaban J connectivity index is 1.89. The smallest absolute Gasteiger partial charge is 0.180 e.